The van der Waals surface area contributed by atoms with Crippen molar-refractivity contribution in [3.63, 3.8) is 0 Å². The van der Waals surface area contributed by atoms with Crippen LogP contribution < -0.4 is 10.6 Å². The van der Waals surface area contributed by atoms with Gasteiger partial charge in [0.2, 0.25) is 5.91 Å². The first-order chi connectivity index (χ1) is 10.4. The summed E-state index contributed by atoms with van der Waals surface area (Å²) in [4.78, 5) is 14.9. The molecule has 1 aliphatic rings. The highest BCUT2D eigenvalue weighted by Crippen LogP contribution is 2.31. The van der Waals surface area contributed by atoms with Gasteiger partial charge in [-0.2, -0.15) is 13.2 Å². The first-order valence-corrected chi connectivity index (χ1v) is 6.64. The van der Waals surface area contributed by atoms with Gasteiger partial charge in [0.25, 0.3) is 0 Å². The molecule has 2 aromatic rings. The average Bonchev–Trinajstić information content (AvgIpc) is 2.47. The minimum atomic E-state index is -4.43. The van der Waals surface area contributed by atoms with E-state index >= 15 is 0 Å². The summed E-state index contributed by atoms with van der Waals surface area (Å²) in [7, 11) is 0. The molecular weight excluding hydrogens is 295 g/mol. The second-order valence-electron chi connectivity index (χ2n) is 5.01. The van der Waals surface area contributed by atoms with Crippen molar-refractivity contribution in [2.24, 2.45) is 0 Å². The number of anilines is 3. The normalized spacial score (nSPS) is 14.2. The molecule has 0 saturated carbocycles. The lowest BCUT2D eigenvalue weighted by molar-refractivity contribution is -0.137. The molecule has 1 aromatic heterocycles. The predicted octanol–water partition coefficient (Wildman–Crippen LogP) is 3.73. The van der Waals surface area contributed by atoms with Gasteiger partial charge in [0, 0.05) is 24.0 Å². The van der Waals surface area contributed by atoms with Crippen LogP contribution in [-0.4, -0.2) is 10.9 Å². The lowest BCUT2D eigenvalue weighted by Crippen LogP contribution is -2.18. The molecule has 2 heterocycles. The standard InChI is InChI=1S/C15H12F3N3O/c16-15(17,18)10-6-12(8-19-7-10)20-11-2-3-13-9(5-11)1-4-14(22)21-13/h2-3,5-8,20H,1,4H2,(H,21,22). The number of halogens is 3. The summed E-state index contributed by atoms with van der Waals surface area (Å²) in [5.41, 5.74) is 1.79. The molecule has 0 saturated heterocycles. The van der Waals surface area contributed by atoms with E-state index in [1.54, 1.807) is 12.1 Å². The highest BCUT2D eigenvalue weighted by atomic mass is 19.4. The fourth-order valence-corrected chi connectivity index (χ4v) is 2.29. The summed E-state index contributed by atoms with van der Waals surface area (Å²) in [5.74, 6) is -0.0321. The molecule has 0 fully saturated rings. The fourth-order valence-electron chi connectivity index (χ4n) is 2.29. The number of pyridine rings is 1. The third-order valence-electron chi connectivity index (χ3n) is 3.35. The van der Waals surface area contributed by atoms with E-state index in [0.29, 0.717) is 18.5 Å². The third-order valence-corrected chi connectivity index (χ3v) is 3.35. The van der Waals surface area contributed by atoms with Gasteiger partial charge < -0.3 is 10.6 Å². The van der Waals surface area contributed by atoms with Crippen LogP contribution in [0.2, 0.25) is 0 Å². The monoisotopic (exact) mass is 307 g/mol. The number of alkyl halides is 3. The molecule has 3 rings (SSSR count). The van der Waals surface area contributed by atoms with Gasteiger partial charge in [-0.15, -0.1) is 0 Å². The van der Waals surface area contributed by atoms with Gasteiger partial charge >= 0.3 is 6.18 Å². The summed E-state index contributed by atoms with van der Waals surface area (Å²) in [6.07, 6.45) is -1.30. The molecular formula is C15H12F3N3O. The van der Waals surface area contributed by atoms with Crippen LogP contribution in [0.4, 0.5) is 30.2 Å². The largest absolute Gasteiger partial charge is 0.417 e. The molecule has 0 spiro atoms. The predicted molar refractivity (Wildman–Crippen MR) is 75.9 cm³/mol. The highest BCUT2D eigenvalue weighted by Gasteiger charge is 2.31. The quantitative estimate of drug-likeness (QED) is 0.889. The van der Waals surface area contributed by atoms with E-state index in [0.717, 1.165) is 23.5 Å². The van der Waals surface area contributed by atoms with Gasteiger partial charge in [-0.1, -0.05) is 0 Å². The van der Waals surface area contributed by atoms with Crippen LogP contribution in [0.1, 0.15) is 17.5 Å². The number of carbonyl (C=O) groups is 1. The lowest BCUT2D eigenvalue weighted by atomic mass is 10.0. The number of nitrogens with zero attached hydrogens (tertiary/aromatic N) is 1. The van der Waals surface area contributed by atoms with E-state index in [1.807, 2.05) is 6.07 Å². The zero-order valence-electron chi connectivity index (χ0n) is 11.4. The minimum absolute atomic E-state index is 0.0321. The summed E-state index contributed by atoms with van der Waals surface area (Å²) < 4.78 is 38.0. The number of hydrogen-bond acceptors (Lipinski definition) is 3. The molecule has 114 valence electrons. The first-order valence-electron chi connectivity index (χ1n) is 6.64. The molecule has 1 aromatic carbocycles. The van der Waals surface area contributed by atoms with Crippen molar-refractivity contribution in [2.75, 3.05) is 10.6 Å². The van der Waals surface area contributed by atoms with Crippen molar-refractivity contribution in [3.8, 4) is 0 Å². The van der Waals surface area contributed by atoms with Crippen LogP contribution in [0.5, 0.6) is 0 Å². The third kappa shape index (κ3) is 3.03. The maximum absolute atomic E-state index is 12.7. The maximum atomic E-state index is 12.7. The number of amides is 1. The van der Waals surface area contributed by atoms with Crippen LogP contribution >= 0.6 is 0 Å². The molecule has 0 atom stereocenters. The van der Waals surface area contributed by atoms with Crippen LogP contribution in [0.15, 0.2) is 36.7 Å². The number of nitrogens with one attached hydrogen (secondary N) is 2. The molecule has 0 radical (unpaired) electrons. The van der Waals surface area contributed by atoms with Crippen molar-refractivity contribution >= 4 is 23.0 Å². The SMILES string of the molecule is O=C1CCc2cc(Nc3cncc(C(F)(F)F)c3)ccc2N1. The topological polar surface area (TPSA) is 54.0 Å². The Morgan fingerprint density at radius 1 is 1.09 bits per heavy atom. The molecule has 2 N–H and O–H groups in total. The van der Waals surface area contributed by atoms with E-state index in [9.17, 15) is 18.0 Å². The Bertz CT molecular complexity index is 728. The summed E-state index contributed by atoms with van der Waals surface area (Å²) in [6.45, 7) is 0. The zero-order valence-corrected chi connectivity index (χ0v) is 11.4. The van der Waals surface area contributed by atoms with Crippen LogP contribution in [0.3, 0.4) is 0 Å². The van der Waals surface area contributed by atoms with Crippen molar-refractivity contribution in [2.45, 2.75) is 19.0 Å². The maximum Gasteiger partial charge on any atom is 0.417 e. The molecule has 0 aliphatic carbocycles. The van der Waals surface area contributed by atoms with Crippen LogP contribution in [0.25, 0.3) is 0 Å². The lowest BCUT2D eigenvalue weighted by Gasteiger charge is -2.18. The van der Waals surface area contributed by atoms with Crippen molar-refractivity contribution < 1.29 is 18.0 Å². The fraction of sp³-hybridized carbons (Fsp3) is 0.200. The van der Waals surface area contributed by atoms with E-state index < -0.39 is 11.7 Å². The van der Waals surface area contributed by atoms with Gasteiger partial charge in [0.1, 0.15) is 0 Å². The van der Waals surface area contributed by atoms with Crippen LogP contribution in [-0.2, 0) is 17.4 Å². The number of benzene rings is 1. The Balaban J connectivity index is 1.83. The van der Waals surface area contributed by atoms with E-state index in [2.05, 4.69) is 15.6 Å². The Hall–Kier alpha value is -2.57. The van der Waals surface area contributed by atoms with Crippen molar-refractivity contribution in [3.05, 3.63) is 47.8 Å². The molecule has 22 heavy (non-hydrogen) atoms. The second kappa shape index (κ2) is 5.32. The Morgan fingerprint density at radius 3 is 2.68 bits per heavy atom. The molecule has 1 amide bonds. The molecule has 0 bridgehead atoms. The van der Waals surface area contributed by atoms with Gasteiger partial charge in [0.05, 0.1) is 17.4 Å². The number of aryl methyl sites for hydroxylation is 1. The van der Waals surface area contributed by atoms with Gasteiger partial charge in [-0.25, -0.2) is 0 Å². The average molecular weight is 307 g/mol. The smallest absolute Gasteiger partial charge is 0.354 e. The molecule has 4 nitrogen and oxygen atoms in total. The summed E-state index contributed by atoms with van der Waals surface area (Å²) in [5, 5.41) is 5.65. The van der Waals surface area contributed by atoms with E-state index in [1.165, 1.54) is 6.20 Å². The second-order valence-corrected chi connectivity index (χ2v) is 5.01. The van der Waals surface area contributed by atoms with Gasteiger partial charge in [-0.05, 0) is 36.2 Å². The number of hydrogen-bond donors (Lipinski definition) is 2. The first kappa shape index (κ1) is 14.4. The number of aromatic nitrogens is 1. The van der Waals surface area contributed by atoms with E-state index in [-0.39, 0.29) is 11.6 Å². The number of rotatable bonds is 2. The molecule has 0 unspecified atom stereocenters. The van der Waals surface area contributed by atoms with Gasteiger partial charge in [-0.3, -0.25) is 9.78 Å². The van der Waals surface area contributed by atoms with Crippen molar-refractivity contribution in [1.29, 1.82) is 0 Å². The Morgan fingerprint density at radius 2 is 1.91 bits per heavy atom. The molecule has 7 heteroatoms. The number of carbonyl (C=O) groups excluding carboxylic acids is 1. The molecule has 1 aliphatic heterocycles. The Labute approximate surface area is 124 Å². The van der Waals surface area contributed by atoms with Gasteiger partial charge in [0.15, 0.2) is 0 Å². The Kier molecular flexibility index (Phi) is 3.48. The van der Waals surface area contributed by atoms with E-state index in [4.69, 9.17) is 0 Å². The summed E-state index contributed by atoms with van der Waals surface area (Å²) in [6, 6.07) is 6.25. The highest BCUT2D eigenvalue weighted by molar-refractivity contribution is 5.94. The summed E-state index contributed by atoms with van der Waals surface area (Å²) >= 11 is 0. The zero-order chi connectivity index (χ0) is 15.7. The van der Waals surface area contributed by atoms with Crippen molar-refractivity contribution in [1.82, 2.24) is 4.98 Å². The minimum Gasteiger partial charge on any atom is -0.354 e. The number of fused-ring (bicyclic) bond motifs is 1. The van der Waals surface area contributed by atoms with Crippen LogP contribution in [0, 0.1) is 0 Å².